The molecule has 110 valence electrons. The van der Waals surface area contributed by atoms with E-state index >= 15 is 0 Å². The Morgan fingerprint density at radius 1 is 1.30 bits per heavy atom. The molecule has 1 atom stereocenters. The molecule has 1 unspecified atom stereocenters. The molecule has 0 aliphatic carbocycles. The maximum absolute atomic E-state index is 11.7. The van der Waals surface area contributed by atoms with Crippen molar-refractivity contribution in [3.63, 3.8) is 0 Å². The fourth-order valence-electron chi connectivity index (χ4n) is 1.72. The van der Waals surface area contributed by atoms with Gasteiger partial charge >= 0.3 is 5.97 Å². The van der Waals surface area contributed by atoms with Crippen molar-refractivity contribution < 1.29 is 14.7 Å². The second-order valence-corrected chi connectivity index (χ2v) is 5.20. The number of nitrogens with one attached hydrogen (secondary N) is 2. The maximum atomic E-state index is 11.7. The number of halogens is 1. The highest BCUT2D eigenvalue weighted by atomic mass is 35.5. The Kier molecular flexibility index (Phi) is 6.48. The van der Waals surface area contributed by atoms with Crippen LogP contribution in [0.1, 0.15) is 20.3 Å². The number of carboxylic acid groups (broad SMARTS) is 1. The zero-order valence-corrected chi connectivity index (χ0v) is 12.3. The Bertz CT molecular complexity index is 477. The highest BCUT2D eigenvalue weighted by molar-refractivity contribution is 6.33. The van der Waals surface area contributed by atoms with Gasteiger partial charge in [-0.3, -0.25) is 9.59 Å². The minimum atomic E-state index is -0.911. The third-order valence-electron chi connectivity index (χ3n) is 2.80. The summed E-state index contributed by atoms with van der Waals surface area (Å²) in [5.74, 6) is -1.16. The van der Waals surface area contributed by atoms with Gasteiger partial charge in [0.2, 0.25) is 5.91 Å². The first kappa shape index (κ1) is 16.5. The number of para-hydroxylation sites is 1. The van der Waals surface area contributed by atoms with Crippen LogP contribution in [0.2, 0.25) is 5.02 Å². The average Bonchev–Trinajstić information content (AvgIpc) is 2.36. The molecule has 0 aromatic heterocycles. The highest BCUT2D eigenvalue weighted by Gasteiger charge is 2.20. The van der Waals surface area contributed by atoms with E-state index in [-0.39, 0.29) is 18.2 Å². The molecule has 1 rings (SSSR count). The number of anilines is 1. The molecule has 20 heavy (non-hydrogen) atoms. The van der Waals surface area contributed by atoms with Crippen LogP contribution >= 0.6 is 11.6 Å². The third-order valence-corrected chi connectivity index (χ3v) is 3.13. The van der Waals surface area contributed by atoms with Gasteiger partial charge < -0.3 is 15.7 Å². The summed E-state index contributed by atoms with van der Waals surface area (Å²) in [5, 5.41) is 15.0. The molecule has 1 amide bonds. The first-order valence-electron chi connectivity index (χ1n) is 6.42. The number of hydrogen-bond donors (Lipinski definition) is 3. The molecule has 0 bridgehead atoms. The van der Waals surface area contributed by atoms with Crippen LogP contribution in [-0.4, -0.2) is 29.6 Å². The van der Waals surface area contributed by atoms with Gasteiger partial charge in [-0.25, -0.2) is 0 Å². The molecule has 0 aliphatic heterocycles. The Balaban J connectivity index is 2.41. The van der Waals surface area contributed by atoms with Crippen LogP contribution in [0, 0.1) is 5.92 Å². The second-order valence-electron chi connectivity index (χ2n) is 4.79. The van der Waals surface area contributed by atoms with Crippen LogP contribution in [0.25, 0.3) is 0 Å². The zero-order valence-electron chi connectivity index (χ0n) is 11.5. The Morgan fingerprint density at radius 3 is 2.50 bits per heavy atom. The molecule has 0 saturated carbocycles. The minimum absolute atomic E-state index is 0.0425. The summed E-state index contributed by atoms with van der Waals surface area (Å²) in [4.78, 5) is 22.7. The summed E-state index contributed by atoms with van der Waals surface area (Å²) in [5.41, 5.74) is 0.554. The lowest BCUT2D eigenvalue weighted by molar-refractivity contribution is -0.140. The summed E-state index contributed by atoms with van der Waals surface area (Å²) < 4.78 is 0. The monoisotopic (exact) mass is 298 g/mol. The Morgan fingerprint density at radius 2 is 1.95 bits per heavy atom. The van der Waals surface area contributed by atoms with E-state index in [1.807, 2.05) is 13.8 Å². The molecule has 1 aromatic rings. The lowest BCUT2D eigenvalue weighted by Gasteiger charge is -2.17. The predicted molar refractivity (Wildman–Crippen MR) is 79.0 cm³/mol. The van der Waals surface area contributed by atoms with E-state index in [2.05, 4.69) is 10.6 Å². The van der Waals surface area contributed by atoms with E-state index in [1.54, 1.807) is 24.3 Å². The van der Waals surface area contributed by atoms with E-state index in [4.69, 9.17) is 16.7 Å². The summed E-state index contributed by atoms with van der Waals surface area (Å²) in [6.07, 6.45) is 0.182. The molecule has 0 radical (unpaired) electrons. The van der Waals surface area contributed by atoms with Gasteiger partial charge in [-0.2, -0.15) is 0 Å². The predicted octanol–water partition coefficient (Wildman–Crippen LogP) is 2.37. The third kappa shape index (κ3) is 5.19. The maximum Gasteiger partial charge on any atom is 0.320 e. The number of carbonyl (C=O) groups excluding carboxylic acids is 1. The molecule has 0 spiro atoms. The van der Waals surface area contributed by atoms with Gasteiger partial charge in [0.05, 0.1) is 10.7 Å². The normalized spacial score (nSPS) is 12.2. The number of rotatable bonds is 7. The first-order valence-corrected chi connectivity index (χ1v) is 6.80. The van der Waals surface area contributed by atoms with Crippen LogP contribution < -0.4 is 10.6 Å². The number of carboxylic acids is 1. The molecule has 0 fully saturated rings. The van der Waals surface area contributed by atoms with Gasteiger partial charge in [0.15, 0.2) is 0 Å². The Labute approximate surface area is 123 Å². The standard InChI is InChI=1S/C14H19ClN2O3/c1-9(2)13(14(19)20)16-8-7-12(18)17-11-6-4-3-5-10(11)15/h3-6,9,13,16H,7-8H2,1-2H3,(H,17,18)(H,19,20). The molecular formula is C14H19ClN2O3. The second kappa shape index (κ2) is 7.87. The minimum Gasteiger partial charge on any atom is -0.480 e. The summed E-state index contributed by atoms with van der Waals surface area (Å²) in [7, 11) is 0. The van der Waals surface area contributed by atoms with Crippen molar-refractivity contribution >= 4 is 29.2 Å². The molecule has 6 heteroatoms. The van der Waals surface area contributed by atoms with Gasteiger partial charge in [0, 0.05) is 13.0 Å². The number of benzene rings is 1. The lowest BCUT2D eigenvalue weighted by atomic mass is 10.0. The van der Waals surface area contributed by atoms with Gasteiger partial charge in [0.25, 0.3) is 0 Å². The number of amides is 1. The quantitative estimate of drug-likeness (QED) is 0.722. The van der Waals surface area contributed by atoms with Crippen LogP contribution in [0.3, 0.4) is 0 Å². The summed E-state index contributed by atoms with van der Waals surface area (Å²) in [6, 6.07) is 6.30. The van der Waals surface area contributed by atoms with Crippen molar-refractivity contribution in [3.8, 4) is 0 Å². The first-order chi connectivity index (χ1) is 9.41. The highest BCUT2D eigenvalue weighted by Crippen LogP contribution is 2.20. The molecular weight excluding hydrogens is 280 g/mol. The van der Waals surface area contributed by atoms with Gasteiger partial charge in [-0.15, -0.1) is 0 Å². The SMILES string of the molecule is CC(C)C(NCCC(=O)Nc1ccccc1Cl)C(=O)O. The van der Waals surface area contributed by atoms with Crippen molar-refractivity contribution in [1.82, 2.24) is 5.32 Å². The zero-order chi connectivity index (χ0) is 15.1. The average molecular weight is 299 g/mol. The van der Waals surface area contributed by atoms with Crippen molar-refractivity contribution in [3.05, 3.63) is 29.3 Å². The number of hydrogen-bond acceptors (Lipinski definition) is 3. The van der Waals surface area contributed by atoms with Crippen LogP contribution in [-0.2, 0) is 9.59 Å². The van der Waals surface area contributed by atoms with E-state index in [0.29, 0.717) is 17.3 Å². The van der Waals surface area contributed by atoms with E-state index in [1.165, 1.54) is 0 Å². The van der Waals surface area contributed by atoms with Crippen molar-refractivity contribution in [2.75, 3.05) is 11.9 Å². The molecule has 0 heterocycles. The molecule has 0 saturated heterocycles. The lowest BCUT2D eigenvalue weighted by Crippen LogP contribution is -2.42. The van der Waals surface area contributed by atoms with E-state index in [9.17, 15) is 9.59 Å². The Hall–Kier alpha value is -1.59. The van der Waals surface area contributed by atoms with Crippen molar-refractivity contribution in [1.29, 1.82) is 0 Å². The largest absolute Gasteiger partial charge is 0.480 e. The molecule has 3 N–H and O–H groups in total. The number of carbonyl (C=O) groups is 2. The van der Waals surface area contributed by atoms with Gasteiger partial charge in [0.1, 0.15) is 6.04 Å². The molecule has 1 aromatic carbocycles. The summed E-state index contributed by atoms with van der Waals surface area (Å²) in [6.45, 7) is 3.93. The smallest absolute Gasteiger partial charge is 0.320 e. The van der Waals surface area contributed by atoms with Crippen molar-refractivity contribution in [2.45, 2.75) is 26.3 Å². The fraction of sp³-hybridized carbons (Fsp3) is 0.429. The molecule has 5 nitrogen and oxygen atoms in total. The van der Waals surface area contributed by atoms with Crippen molar-refractivity contribution in [2.24, 2.45) is 5.92 Å². The molecule has 0 aliphatic rings. The number of aliphatic carboxylic acids is 1. The topological polar surface area (TPSA) is 78.4 Å². The van der Waals surface area contributed by atoms with E-state index < -0.39 is 12.0 Å². The van der Waals surface area contributed by atoms with Gasteiger partial charge in [-0.1, -0.05) is 37.6 Å². The van der Waals surface area contributed by atoms with Crippen LogP contribution in [0.5, 0.6) is 0 Å². The van der Waals surface area contributed by atoms with Crippen LogP contribution in [0.4, 0.5) is 5.69 Å². The van der Waals surface area contributed by atoms with Crippen LogP contribution in [0.15, 0.2) is 24.3 Å². The van der Waals surface area contributed by atoms with Gasteiger partial charge in [-0.05, 0) is 18.1 Å². The summed E-state index contributed by atoms with van der Waals surface area (Å²) >= 11 is 5.93. The van der Waals surface area contributed by atoms with E-state index in [0.717, 1.165) is 0 Å². The fourth-order valence-corrected chi connectivity index (χ4v) is 1.91.